The van der Waals surface area contributed by atoms with E-state index in [0.717, 1.165) is 37.8 Å². The second-order valence-electron chi connectivity index (χ2n) is 7.33. The molecular formula is C19H23N3O3S2. The molecule has 1 aliphatic heterocycles. The zero-order chi connectivity index (χ0) is 19.0. The summed E-state index contributed by atoms with van der Waals surface area (Å²) in [5.41, 5.74) is 1.53. The summed E-state index contributed by atoms with van der Waals surface area (Å²) in [6.45, 7) is 3.37. The summed E-state index contributed by atoms with van der Waals surface area (Å²) in [4.78, 5) is 18.5. The molecule has 6 nitrogen and oxygen atoms in total. The van der Waals surface area contributed by atoms with Crippen molar-refractivity contribution < 1.29 is 13.2 Å². The molecule has 0 bridgehead atoms. The number of amides is 1. The number of hydrogen-bond acceptors (Lipinski definition) is 5. The van der Waals surface area contributed by atoms with Crippen molar-refractivity contribution in [1.29, 1.82) is 0 Å². The van der Waals surface area contributed by atoms with E-state index in [0.29, 0.717) is 29.7 Å². The number of hydrogen-bond donors (Lipinski definition) is 1. The number of thiazole rings is 1. The molecule has 0 spiro atoms. The van der Waals surface area contributed by atoms with Crippen LogP contribution >= 0.6 is 11.3 Å². The van der Waals surface area contributed by atoms with E-state index < -0.39 is 10.0 Å². The highest BCUT2D eigenvalue weighted by atomic mass is 32.2. The fourth-order valence-electron chi connectivity index (χ4n) is 3.62. The van der Waals surface area contributed by atoms with Crippen molar-refractivity contribution in [1.82, 2.24) is 9.29 Å². The van der Waals surface area contributed by atoms with Crippen LogP contribution in [0.4, 0.5) is 5.13 Å². The number of rotatable bonds is 4. The molecule has 8 heteroatoms. The highest BCUT2D eigenvalue weighted by Gasteiger charge is 2.27. The second kappa shape index (κ2) is 7.33. The first-order valence-electron chi connectivity index (χ1n) is 9.33. The topological polar surface area (TPSA) is 79.4 Å². The lowest BCUT2D eigenvalue weighted by molar-refractivity contribution is 0.102. The van der Waals surface area contributed by atoms with Gasteiger partial charge in [-0.25, -0.2) is 13.4 Å². The Kier molecular flexibility index (Phi) is 5.05. The average molecular weight is 406 g/mol. The van der Waals surface area contributed by atoms with Crippen molar-refractivity contribution in [3.8, 4) is 0 Å². The minimum Gasteiger partial charge on any atom is -0.298 e. The molecule has 4 rings (SSSR count). The van der Waals surface area contributed by atoms with Crippen LogP contribution in [0.2, 0.25) is 0 Å². The first kappa shape index (κ1) is 18.6. The van der Waals surface area contributed by atoms with Gasteiger partial charge in [-0.05, 0) is 62.3 Å². The third-order valence-corrected chi connectivity index (χ3v) is 8.17. The Balaban J connectivity index is 1.47. The molecule has 144 valence electrons. The van der Waals surface area contributed by atoms with E-state index >= 15 is 0 Å². The van der Waals surface area contributed by atoms with Gasteiger partial charge in [0.15, 0.2) is 5.13 Å². The summed E-state index contributed by atoms with van der Waals surface area (Å²) in [5.74, 6) is 0.394. The number of nitrogens with zero attached hydrogens (tertiary/aromatic N) is 2. The quantitative estimate of drug-likeness (QED) is 0.846. The minimum atomic E-state index is -3.46. The van der Waals surface area contributed by atoms with Crippen LogP contribution < -0.4 is 5.32 Å². The highest BCUT2D eigenvalue weighted by Crippen LogP contribution is 2.32. The van der Waals surface area contributed by atoms with Crippen LogP contribution in [0.1, 0.15) is 47.1 Å². The Morgan fingerprint density at radius 1 is 1.22 bits per heavy atom. The van der Waals surface area contributed by atoms with E-state index in [1.54, 1.807) is 23.5 Å². The van der Waals surface area contributed by atoms with Crippen LogP contribution in [-0.4, -0.2) is 36.7 Å². The second-order valence-corrected chi connectivity index (χ2v) is 10.3. The van der Waals surface area contributed by atoms with Gasteiger partial charge < -0.3 is 0 Å². The predicted molar refractivity (Wildman–Crippen MR) is 106 cm³/mol. The van der Waals surface area contributed by atoms with Gasteiger partial charge in [0.25, 0.3) is 5.91 Å². The van der Waals surface area contributed by atoms with E-state index in [1.807, 2.05) is 0 Å². The highest BCUT2D eigenvalue weighted by molar-refractivity contribution is 7.89. The van der Waals surface area contributed by atoms with Gasteiger partial charge >= 0.3 is 0 Å². The van der Waals surface area contributed by atoms with Crippen molar-refractivity contribution in [2.24, 2.45) is 5.92 Å². The van der Waals surface area contributed by atoms with Gasteiger partial charge in [0, 0.05) is 23.5 Å². The number of nitrogens with one attached hydrogen (secondary N) is 1. The molecule has 1 unspecified atom stereocenters. The van der Waals surface area contributed by atoms with Gasteiger partial charge in [-0.3, -0.25) is 10.1 Å². The van der Waals surface area contributed by atoms with E-state index in [4.69, 9.17) is 0 Å². The van der Waals surface area contributed by atoms with E-state index in [1.165, 1.54) is 21.3 Å². The summed E-state index contributed by atoms with van der Waals surface area (Å²) in [6.07, 6.45) is 4.92. The van der Waals surface area contributed by atoms with Crippen LogP contribution in [0.5, 0.6) is 0 Å². The number of aromatic nitrogens is 1. The standard InChI is InChI=1S/C19H23N3O3S2/c1-13-4-9-16-17(12-13)26-19(20-16)21-18(23)14-5-7-15(8-6-14)27(24,25)22-10-2-3-11-22/h5-8,13H,2-4,9-12H2,1H3,(H,20,21,23). The predicted octanol–water partition coefficient (Wildman–Crippen LogP) is 3.30. The SMILES string of the molecule is CC1CCc2nc(NC(=O)c3ccc(S(=O)(=O)N4CCCC4)cc3)sc2C1. The normalized spacial score (nSPS) is 20.4. The third-order valence-electron chi connectivity index (χ3n) is 5.23. The Morgan fingerprint density at radius 2 is 1.93 bits per heavy atom. The summed E-state index contributed by atoms with van der Waals surface area (Å²) >= 11 is 1.54. The van der Waals surface area contributed by atoms with Crippen molar-refractivity contribution >= 4 is 32.4 Å². The number of carbonyl (C=O) groups is 1. The molecule has 1 fully saturated rings. The largest absolute Gasteiger partial charge is 0.298 e. The molecule has 1 aliphatic carbocycles. The number of benzene rings is 1. The molecule has 1 aromatic heterocycles. The van der Waals surface area contributed by atoms with Crippen molar-refractivity contribution in [2.45, 2.75) is 43.9 Å². The molecule has 1 amide bonds. The van der Waals surface area contributed by atoms with E-state index in [2.05, 4.69) is 17.2 Å². The first-order chi connectivity index (χ1) is 12.9. The maximum Gasteiger partial charge on any atom is 0.257 e. The van der Waals surface area contributed by atoms with Crippen molar-refractivity contribution in [3.05, 3.63) is 40.4 Å². The molecule has 1 N–H and O–H groups in total. The average Bonchev–Trinajstić information content (AvgIpc) is 3.31. The Bertz CT molecular complexity index is 945. The lowest BCUT2D eigenvalue weighted by Crippen LogP contribution is -2.27. The minimum absolute atomic E-state index is 0.236. The molecule has 2 aromatic rings. The maximum atomic E-state index is 12.6. The number of sulfonamides is 1. The van der Waals surface area contributed by atoms with Crippen LogP contribution in [0.25, 0.3) is 0 Å². The Labute approximate surface area is 163 Å². The molecule has 27 heavy (non-hydrogen) atoms. The van der Waals surface area contributed by atoms with Crippen molar-refractivity contribution in [2.75, 3.05) is 18.4 Å². The molecule has 1 atom stereocenters. The van der Waals surface area contributed by atoms with Gasteiger partial charge in [0.05, 0.1) is 10.6 Å². The number of carbonyl (C=O) groups excluding carboxylic acids is 1. The van der Waals surface area contributed by atoms with E-state index in [9.17, 15) is 13.2 Å². The molecule has 2 heterocycles. The van der Waals surface area contributed by atoms with E-state index in [-0.39, 0.29) is 10.8 Å². The summed E-state index contributed by atoms with van der Waals surface area (Å²) < 4.78 is 26.6. The van der Waals surface area contributed by atoms with Gasteiger partial charge in [-0.15, -0.1) is 11.3 Å². The summed E-state index contributed by atoms with van der Waals surface area (Å²) in [7, 11) is -3.46. The third kappa shape index (κ3) is 3.79. The van der Waals surface area contributed by atoms with Crippen molar-refractivity contribution in [3.63, 3.8) is 0 Å². The number of anilines is 1. The van der Waals surface area contributed by atoms with Crippen LogP contribution in [0.3, 0.4) is 0 Å². The fraction of sp³-hybridized carbons (Fsp3) is 0.474. The first-order valence-corrected chi connectivity index (χ1v) is 11.6. The summed E-state index contributed by atoms with van der Waals surface area (Å²) in [5, 5.41) is 3.47. The van der Waals surface area contributed by atoms with Crippen LogP contribution in [0.15, 0.2) is 29.2 Å². The number of fused-ring (bicyclic) bond motifs is 1. The molecule has 0 radical (unpaired) electrons. The molecule has 1 saturated heterocycles. The molecule has 1 aromatic carbocycles. The lowest BCUT2D eigenvalue weighted by atomic mass is 9.93. The lowest BCUT2D eigenvalue weighted by Gasteiger charge is -2.15. The fourth-order valence-corrected chi connectivity index (χ4v) is 6.30. The van der Waals surface area contributed by atoms with Gasteiger partial charge in [-0.1, -0.05) is 6.92 Å². The number of aryl methyl sites for hydroxylation is 1. The zero-order valence-corrected chi connectivity index (χ0v) is 16.9. The van der Waals surface area contributed by atoms with Crippen LogP contribution in [0, 0.1) is 5.92 Å². The van der Waals surface area contributed by atoms with Crippen LogP contribution in [-0.2, 0) is 22.9 Å². The van der Waals surface area contributed by atoms with Gasteiger partial charge in [0.2, 0.25) is 10.0 Å². The zero-order valence-electron chi connectivity index (χ0n) is 15.3. The molecule has 0 saturated carbocycles. The van der Waals surface area contributed by atoms with Gasteiger partial charge in [0.1, 0.15) is 0 Å². The smallest absolute Gasteiger partial charge is 0.257 e. The Morgan fingerprint density at radius 3 is 2.63 bits per heavy atom. The van der Waals surface area contributed by atoms with Gasteiger partial charge in [-0.2, -0.15) is 4.31 Å². The monoisotopic (exact) mass is 405 g/mol. The molecular weight excluding hydrogens is 382 g/mol. The Hall–Kier alpha value is -1.77. The summed E-state index contributed by atoms with van der Waals surface area (Å²) in [6, 6.07) is 6.15. The maximum absolute atomic E-state index is 12.6. The molecule has 2 aliphatic rings.